The zero-order valence-corrected chi connectivity index (χ0v) is 15.7. The largest absolute Gasteiger partial charge is 0.389 e. The number of allylic oxidation sites excluding steroid dienone is 7. The molecule has 1 N–H and O–H groups in total. The number of carbonyl (C=O) groups excluding carboxylic acids is 1. The molecule has 0 aliphatic rings. The summed E-state index contributed by atoms with van der Waals surface area (Å²) in [6.45, 7) is 2.22. The van der Waals surface area contributed by atoms with Crippen molar-refractivity contribution in [1.82, 2.24) is 0 Å². The minimum absolute atomic E-state index is 0.242. The molecule has 0 aromatic rings. The van der Waals surface area contributed by atoms with E-state index in [9.17, 15) is 9.90 Å². The molecule has 4 heteroatoms. The molecule has 1 atom stereocenters. The number of hydrogen-bond acceptors (Lipinski definition) is 4. The maximum atomic E-state index is 11.0. The standard InChI is InChI=1S/C21H34O4/c1-3-4-5-6-7-8-9-10-11-12-13-14-15-17-20(22)18-16-19-21(23)25-24-2/h7-8,10-11,13-15,17,20,22H,3-6,9,12,16,18-19H2,1-2H3. The topological polar surface area (TPSA) is 55.8 Å². The third-order valence-electron chi connectivity index (χ3n) is 3.49. The fraction of sp³-hybridized carbons (Fsp3) is 0.571. The molecule has 0 rings (SSSR count). The van der Waals surface area contributed by atoms with E-state index in [1.54, 1.807) is 6.08 Å². The minimum atomic E-state index is -0.548. The van der Waals surface area contributed by atoms with Gasteiger partial charge >= 0.3 is 5.97 Å². The molecule has 142 valence electrons. The molecule has 0 heterocycles. The predicted molar refractivity (Wildman–Crippen MR) is 103 cm³/mol. The predicted octanol–water partition coefficient (Wildman–Crippen LogP) is 5.21. The Morgan fingerprint density at radius 2 is 1.72 bits per heavy atom. The molecular formula is C21H34O4. The van der Waals surface area contributed by atoms with Crippen molar-refractivity contribution in [3.8, 4) is 0 Å². The molecule has 0 fully saturated rings. The summed E-state index contributed by atoms with van der Waals surface area (Å²) in [5.41, 5.74) is 0. The Kier molecular flexibility index (Phi) is 17.5. The van der Waals surface area contributed by atoms with Crippen molar-refractivity contribution in [2.45, 2.75) is 70.8 Å². The van der Waals surface area contributed by atoms with Crippen molar-refractivity contribution in [1.29, 1.82) is 0 Å². The summed E-state index contributed by atoms with van der Waals surface area (Å²) in [5, 5.41) is 9.74. The van der Waals surface area contributed by atoms with E-state index in [0.29, 0.717) is 12.8 Å². The number of carbonyl (C=O) groups is 1. The molecule has 0 saturated carbocycles. The molecule has 0 aromatic carbocycles. The molecule has 25 heavy (non-hydrogen) atoms. The first-order chi connectivity index (χ1) is 12.2. The first-order valence-electron chi connectivity index (χ1n) is 9.25. The molecule has 0 spiro atoms. The zero-order valence-electron chi connectivity index (χ0n) is 15.7. The van der Waals surface area contributed by atoms with E-state index in [0.717, 1.165) is 12.8 Å². The fourth-order valence-corrected chi connectivity index (χ4v) is 2.11. The van der Waals surface area contributed by atoms with Crippen LogP contribution in [0.15, 0.2) is 48.6 Å². The van der Waals surface area contributed by atoms with Crippen LogP contribution in [0.3, 0.4) is 0 Å². The second-order valence-corrected chi connectivity index (χ2v) is 5.80. The molecule has 1 unspecified atom stereocenters. The summed E-state index contributed by atoms with van der Waals surface area (Å²) < 4.78 is 0. The van der Waals surface area contributed by atoms with Gasteiger partial charge in [-0.05, 0) is 38.5 Å². The Morgan fingerprint density at radius 1 is 1.00 bits per heavy atom. The van der Waals surface area contributed by atoms with E-state index in [1.165, 1.54) is 32.8 Å². The van der Waals surface area contributed by atoms with E-state index < -0.39 is 12.1 Å². The van der Waals surface area contributed by atoms with Crippen LogP contribution in [-0.4, -0.2) is 24.3 Å². The highest BCUT2D eigenvalue weighted by Gasteiger charge is 2.05. The zero-order chi connectivity index (χ0) is 18.6. The molecule has 0 bridgehead atoms. The normalized spacial score (nSPS) is 13.6. The van der Waals surface area contributed by atoms with Crippen LogP contribution >= 0.6 is 0 Å². The third-order valence-corrected chi connectivity index (χ3v) is 3.49. The van der Waals surface area contributed by atoms with Gasteiger partial charge in [-0.1, -0.05) is 68.4 Å². The Bertz CT molecular complexity index is 422. The van der Waals surface area contributed by atoms with E-state index in [-0.39, 0.29) is 6.42 Å². The number of aliphatic hydroxyl groups excluding tert-OH is 1. The van der Waals surface area contributed by atoms with Crippen LogP contribution in [0, 0.1) is 0 Å². The first-order valence-corrected chi connectivity index (χ1v) is 9.25. The lowest BCUT2D eigenvalue weighted by molar-refractivity contribution is -0.255. The number of unbranched alkanes of at least 4 members (excludes halogenated alkanes) is 3. The highest BCUT2D eigenvalue weighted by atomic mass is 17.2. The van der Waals surface area contributed by atoms with Crippen LogP contribution in [0.4, 0.5) is 0 Å². The van der Waals surface area contributed by atoms with Crippen molar-refractivity contribution in [2.75, 3.05) is 7.11 Å². The molecule has 0 radical (unpaired) electrons. The van der Waals surface area contributed by atoms with Gasteiger partial charge in [-0.2, -0.15) is 4.89 Å². The van der Waals surface area contributed by atoms with Crippen LogP contribution in [0.25, 0.3) is 0 Å². The number of rotatable bonds is 15. The van der Waals surface area contributed by atoms with Crippen molar-refractivity contribution in [2.24, 2.45) is 0 Å². The van der Waals surface area contributed by atoms with Gasteiger partial charge in [0.05, 0.1) is 13.2 Å². The maximum absolute atomic E-state index is 11.0. The van der Waals surface area contributed by atoms with E-state index in [4.69, 9.17) is 0 Å². The summed E-state index contributed by atoms with van der Waals surface area (Å²) in [7, 11) is 1.29. The van der Waals surface area contributed by atoms with Gasteiger partial charge in [-0.15, -0.1) is 0 Å². The SMILES string of the molecule is CCCCCC=CCC=CCC=CC=CC(O)CCCC(=O)OOC. The molecular weight excluding hydrogens is 316 g/mol. The van der Waals surface area contributed by atoms with Gasteiger partial charge in [0, 0.05) is 6.42 Å². The van der Waals surface area contributed by atoms with Gasteiger partial charge in [0.2, 0.25) is 0 Å². The van der Waals surface area contributed by atoms with Crippen LogP contribution in [-0.2, 0) is 14.6 Å². The second-order valence-electron chi connectivity index (χ2n) is 5.80. The van der Waals surface area contributed by atoms with Gasteiger partial charge in [0.25, 0.3) is 0 Å². The molecule has 0 aliphatic carbocycles. The molecule has 0 saturated heterocycles. The summed E-state index contributed by atoms with van der Waals surface area (Å²) in [6, 6.07) is 0. The highest BCUT2D eigenvalue weighted by molar-refractivity contribution is 5.68. The van der Waals surface area contributed by atoms with E-state index in [1.807, 2.05) is 18.2 Å². The van der Waals surface area contributed by atoms with Crippen LogP contribution in [0.1, 0.15) is 64.7 Å². The van der Waals surface area contributed by atoms with Crippen molar-refractivity contribution in [3.63, 3.8) is 0 Å². The fourth-order valence-electron chi connectivity index (χ4n) is 2.11. The highest BCUT2D eigenvalue weighted by Crippen LogP contribution is 2.04. The Balaban J connectivity index is 3.63. The minimum Gasteiger partial charge on any atom is -0.389 e. The van der Waals surface area contributed by atoms with Crippen LogP contribution in [0.2, 0.25) is 0 Å². The van der Waals surface area contributed by atoms with E-state index >= 15 is 0 Å². The van der Waals surface area contributed by atoms with Gasteiger partial charge in [-0.25, -0.2) is 4.79 Å². The van der Waals surface area contributed by atoms with E-state index in [2.05, 4.69) is 41.0 Å². The summed E-state index contributed by atoms with van der Waals surface area (Å²) in [4.78, 5) is 19.7. The quantitative estimate of drug-likeness (QED) is 0.145. The third kappa shape index (κ3) is 18.5. The summed E-state index contributed by atoms with van der Waals surface area (Å²) in [6.07, 6.45) is 24.0. The van der Waals surface area contributed by atoms with Crippen LogP contribution < -0.4 is 0 Å². The maximum Gasteiger partial charge on any atom is 0.342 e. The lowest BCUT2D eigenvalue weighted by atomic mass is 10.1. The monoisotopic (exact) mass is 350 g/mol. The summed E-state index contributed by atoms with van der Waals surface area (Å²) >= 11 is 0. The van der Waals surface area contributed by atoms with Gasteiger partial charge in [-0.3, -0.25) is 4.89 Å². The lowest BCUT2D eigenvalue weighted by Crippen LogP contribution is -2.06. The second kappa shape index (κ2) is 18.7. The van der Waals surface area contributed by atoms with Crippen molar-refractivity contribution >= 4 is 5.97 Å². The number of aliphatic hydroxyl groups is 1. The lowest BCUT2D eigenvalue weighted by Gasteiger charge is -2.03. The summed E-state index contributed by atoms with van der Waals surface area (Å²) in [5.74, 6) is -0.416. The number of hydrogen-bond donors (Lipinski definition) is 1. The Hall–Kier alpha value is -1.65. The Labute approximate surface area is 152 Å². The molecule has 4 nitrogen and oxygen atoms in total. The molecule has 0 aliphatic heterocycles. The van der Waals surface area contributed by atoms with Crippen LogP contribution in [0.5, 0.6) is 0 Å². The molecule has 0 aromatic heterocycles. The average Bonchev–Trinajstić information content (AvgIpc) is 2.59. The van der Waals surface area contributed by atoms with Crippen molar-refractivity contribution in [3.05, 3.63) is 48.6 Å². The van der Waals surface area contributed by atoms with Gasteiger partial charge in [0.15, 0.2) is 0 Å². The van der Waals surface area contributed by atoms with Crippen molar-refractivity contribution < 1.29 is 19.7 Å². The molecule has 0 amide bonds. The smallest absolute Gasteiger partial charge is 0.342 e. The van der Waals surface area contributed by atoms with Gasteiger partial charge < -0.3 is 5.11 Å². The first kappa shape index (κ1) is 23.4. The Morgan fingerprint density at radius 3 is 2.44 bits per heavy atom. The van der Waals surface area contributed by atoms with Gasteiger partial charge in [0.1, 0.15) is 0 Å². The average molecular weight is 350 g/mol.